The van der Waals surface area contributed by atoms with Gasteiger partial charge in [-0.15, -0.1) is 0 Å². The first kappa shape index (κ1) is 14.5. The van der Waals surface area contributed by atoms with Crippen LogP contribution in [0.15, 0.2) is 0 Å². The maximum absolute atomic E-state index is 11.9. The van der Waals surface area contributed by atoms with Gasteiger partial charge in [0.2, 0.25) is 0 Å². The zero-order valence-corrected chi connectivity index (χ0v) is 11.5. The molecule has 0 N–H and O–H groups in total. The highest BCUT2D eigenvalue weighted by atomic mass is 16.5. The van der Waals surface area contributed by atoms with Crippen LogP contribution in [0.2, 0.25) is 0 Å². The molecule has 15 heavy (non-hydrogen) atoms. The van der Waals surface area contributed by atoms with Crippen LogP contribution in [0.25, 0.3) is 0 Å². The fourth-order valence-electron chi connectivity index (χ4n) is 0.769. The maximum atomic E-state index is 11.9. The molecule has 90 valence electrons. The first-order valence-electron chi connectivity index (χ1n) is 5.55. The molecule has 0 bridgehead atoms. The molecule has 0 spiro atoms. The van der Waals surface area contributed by atoms with E-state index in [2.05, 4.69) is 41.5 Å². The van der Waals surface area contributed by atoms with Crippen molar-refractivity contribution in [3.05, 3.63) is 0 Å². The number of hydrogen-bond acceptors (Lipinski definition) is 2. The lowest BCUT2D eigenvalue weighted by Crippen LogP contribution is -2.40. The molecule has 0 aromatic carbocycles. The van der Waals surface area contributed by atoms with Crippen molar-refractivity contribution in [1.82, 2.24) is 0 Å². The van der Waals surface area contributed by atoms with E-state index in [0.29, 0.717) is 6.61 Å². The van der Waals surface area contributed by atoms with Gasteiger partial charge in [0.15, 0.2) is 0 Å². The molecule has 0 rings (SSSR count). The van der Waals surface area contributed by atoms with Gasteiger partial charge in [-0.25, -0.2) is 0 Å². The summed E-state index contributed by atoms with van der Waals surface area (Å²) in [6.45, 7) is 16.7. The van der Waals surface area contributed by atoms with Crippen LogP contribution < -0.4 is 0 Å². The van der Waals surface area contributed by atoms with Crippen LogP contribution in [0.4, 0.5) is 0 Å². The van der Waals surface area contributed by atoms with E-state index in [0.717, 1.165) is 0 Å². The minimum absolute atomic E-state index is 0.0314. The lowest BCUT2D eigenvalue weighted by atomic mass is 9.69. The molecule has 0 radical (unpaired) electrons. The van der Waals surface area contributed by atoms with Crippen molar-refractivity contribution in [1.29, 1.82) is 0 Å². The van der Waals surface area contributed by atoms with E-state index in [9.17, 15) is 4.79 Å². The third kappa shape index (κ3) is 4.23. The van der Waals surface area contributed by atoms with Crippen molar-refractivity contribution in [3.63, 3.8) is 0 Å². The second-order valence-electron chi connectivity index (χ2n) is 7.01. The highest BCUT2D eigenvalue weighted by molar-refractivity contribution is 5.76. The molecule has 0 amide bonds. The number of carbonyl (C=O) groups excluding carboxylic acids is 1. The Labute approximate surface area is 94.4 Å². The predicted molar refractivity (Wildman–Crippen MR) is 63.7 cm³/mol. The first-order valence-corrected chi connectivity index (χ1v) is 5.55. The van der Waals surface area contributed by atoms with E-state index in [-0.39, 0.29) is 16.8 Å². The summed E-state index contributed by atoms with van der Waals surface area (Å²) in [4.78, 5) is 11.9. The number of rotatable bonds is 2. The Kier molecular flexibility index (Phi) is 4.00. The van der Waals surface area contributed by atoms with Crippen molar-refractivity contribution in [2.24, 2.45) is 16.2 Å². The van der Waals surface area contributed by atoms with E-state index in [1.54, 1.807) is 0 Å². The summed E-state index contributed by atoms with van der Waals surface area (Å²) < 4.78 is 5.36. The summed E-state index contributed by atoms with van der Waals surface area (Å²) in [6.07, 6.45) is 0. The fraction of sp³-hybridized carbons (Fsp3) is 0.923. The Hall–Kier alpha value is -0.530. The third-order valence-electron chi connectivity index (χ3n) is 3.02. The molecule has 0 saturated heterocycles. The van der Waals surface area contributed by atoms with Gasteiger partial charge >= 0.3 is 5.97 Å². The Morgan fingerprint density at radius 3 is 1.60 bits per heavy atom. The summed E-state index contributed by atoms with van der Waals surface area (Å²) in [6, 6.07) is 0. The second kappa shape index (κ2) is 4.15. The Morgan fingerprint density at radius 1 is 0.933 bits per heavy atom. The van der Waals surface area contributed by atoms with Gasteiger partial charge in [-0.1, -0.05) is 41.5 Å². The molecule has 2 heteroatoms. The summed E-state index contributed by atoms with van der Waals surface area (Å²) >= 11 is 0. The van der Waals surface area contributed by atoms with Gasteiger partial charge < -0.3 is 4.74 Å². The molecule has 0 aliphatic heterocycles. The van der Waals surface area contributed by atoms with Crippen LogP contribution in [0, 0.1) is 16.2 Å². The molecule has 0 aromatic rings. The normalized spacial score (nSPS) is 13.9. The van der Waals surface area contributed by atoms with Crippen molar-refractivity contribution < 1.29 is 9.53 Å². The fourth-order valence-corrected chi connectivity index (χ4v) is 0.769. The van der Waals surface area contributed by atoms with E-state index in [1.165, 1.54) is 0 Å². The highest BCUT2D eigenvalue weighted by Gasteiger charge is 2.41. The van der Waals surface area contributed by atoms with Crippen LogP contribution in [0.5, 0.6) is 0 Å². The number of carbonyl (C=O) groups is 1. The molecule has 0 atom stereocenters. The lowest BCUT2D eigenvalue weighted by Gasteiger charge is -2.36. The van der Waals surface area contributed by atoms with E-state index in [4.69, 9.17) is 4.74 Å². The molecule has 0 aliphatic carbocycles. The van der Waals surface area contributed by atoms with Crippen LogP contribution in [0.1, 0.15) is 55.4 Å². The SMILES string of the molecule is CC(C)(C)COC(=O)C(C)(C)C(C)(C)C. The van der Waals surface area contributed by atoms with Crippen molar-refractivity contribution in [2.75, 3.05) is 6.61 Å². The second-order valence-corrected chi connectivity index (χ2v) is 7.01. The Balaban J connectivity index is 4.47. The molecule has 0 aliphatic rings. The quantitative estimate of drug-likeness (QED) is 0.656. The molecule has 2 nitrogen and oxygen atoms in total. The molecule has 0 saturated carbocycles. The van der Waals surface area contributed by atoms with Crippen LogP contribution >= 0.6 is 0 Å². The summed E-state index contributed by atoms with van der Waals surface area (Å²) in [5.74, 6) is -0.107. The summed E-state index contributed by atoms with van der Waals surface area (Å²) in [5.41, 5.74) is -0.496. The number of ether oxygens (including phenoxy) is 1. The van der Waals surface area contributed by atoms with E-state index >= 15 is 0 Å². The van der Waals surface area contributed by atoms with Crippen LogP contribution in [-0.2, 0) is 9.53 Å². The van der Waals surface area contributed by atoms with Crippen LogP contribution in [0.3, 0.4) is 0 Å². The highest BCUT2D eigenvalue weighted by Crippen LogP contribution is 2.39. The van der Waals surface area contributed by atoms with Crippen molar-refractivity contribution in [2.45, 2.75) is 55.4 Å². The number of hydrogen-bond donors (Lipinski definition) is 0. The van der Waals surface area contributed by atoms with Gasteiger partial charge in [-0.3, -0.25) is 4.79 Å². The molecule has 0 heterocycles. The average Bonchev–Trinajstić information content (AvgIpc) is 1.96. The largest absolute Gasteiger partial charge is 0.465 e. The van der Waals surface area contributed by atoms with Gasteiger partial charge in [0.1, 0.15) is 0 Å². The molecule has 0 aromatic heterocycles. The van der Waals surface area contributed by atoms with Gasteiger partial charge in [0.05, 0.1) is 12.0 Å². The van der Waals surface area contributed by atoms with E-state index in [1.807, 2.05) is 13.8 Å². The monoisotopic (exact) mass is 214 g/mol. The lowest BCUT2D eigenvalue weighted by molar-refractivity contribution is -0.163. The van der Waals surface area contributed by atoms with Gasteiger partial charge in [-0.05, 0) is 24.7 Å². The van der Waals surface area contributed by atoms with Crippen molar-refractivity contribution in [3.8, 4) is 0 Å². The molecular weight excluding hydrogens is 188 g/mol. The number of esters is 1. The predicted octanol–water partition coefficient (Wildman–Crippen LogP) is 3.65. The molecule has 0 fully saturated rings. The summed E-state index contributed by atoms with van der Waals surface area (Å²) in [7, 11) is 0. The zero-order chi connectivity index (χ0) is 12.5. The van der Waals surface area contributed by atoms with Gasteiger partial charge in [0, 0.05) is 0 Å². The molecule has 0 unspecified atom stereocenters. The minimum atomic E-state index is -0.446. The first-order chi connectivity index (χ1) is 6.38. The topological polar surface area (TPSA) is 26.3 Å². The van der Waals surface area contributed by atoms with E-state index < -0.39 is 5.41 Å². The Bertz CT molecular complexity index is 226. The maximum Gasteiger partial charge on any atom is 0.312 e. The van der Waals surface area contributed by atoms with Crippen molar-refractivity contribution >= 4 is 5.97 Å². The van der Waals surface area contributed by atoms with Gasteiger partial charge in [-0.2, -0.15) is 0 Å². The minimum Gasteiger partial charge on any atom is -0.465 e. The van der Waals surface area contributed by atoms with Gasteiger partial charge in [0.25, 0.3) is 0 Å². The molecular formula is C13H26O2. The smallest absolute Gasteiger partial charge is 0.312 e. The van der Waals surface area contributed by atoms with Crippen LogP contribution in [-0.4, -0.2) is 12.6 Å². The Morgan fingerprint density at radius 2 is 1.33 bits per heavy atom. The third-order valence-corrected chi connectivity index (χ3v) is 3.02. The summed E-state index contributed by atoms with van der Waals surface area (Å²) in [5, 5.41) is 0. The zero-order valence-electron chi connectivity index (χ0n) is 11.5. The average molecular weight is 214 g/mol. The standard InChI is InChI=1S/C13H26O2/c1-11(2,3)9-15-10(14)13(7,8)12(4,5)6/h9H2,1-8H3.